The summed E-state index contributed by atoms with van der Waals surface area (Å²) in [6.07, 6.45) is 0. The lowest BCUT2D eigenvalue weighted by molar-refractivity contribution is 1.16. The molecule has 0 radical (unpaired) electrons. The van der Waals surface area contributed by atoms with E-state index in [1.807, 2.05) is 0 Å². The molecule has 3 nitrogen and oxygen atoms in total. The van der Waals surface area contributed by atoms with Crippen LogP contribution in [0.25, 0.3) is 105 Å². The van der Waals surface area contributed by atoms with Gasteiger partial charge in [0.25, 0.3) is 6.71 Å². The Hall–Kier alpha value is -10.9. The number of anilines is 6. The van der Waals surface area contributed by atoms with Crippen molar-refractivity contribution in [3.8, 4) is 61.3 Å². The Bertz CT molecular complexity index is 4850. The third kappa shape index (κ3) is 7.68. The number of rotatable bonds is 8. The Morgan fingerprint density at radius 1 is 0.238 bits per heavy atom. The van der Waals surface area contributed by atoms with E-state index in [1.165, 1.54) is 110 Å². The van der Waals surface area contributed by atoms with E-state index in [9.17, 15) is 0 Å². The zero-order chi connectivity index (χ0) is 55.2. The lowest BCUT2D eigenvalue weighted by Gasteiger charge is -2.44. The summed E-state index contributed by atoms with van der Waals surface area (Å²) in [6.45, 7) is -0.136. The molecule has 0 aliphatic carbocycles. The maximum Gasteiger partial charge on any atom is 0.252 e. The van der Waals surface area contributed by atoms with Crippen LogP contribution in [0.5, 0.6) is 0 Å². The van der Waals surface area contributed by atoms with Crippen LogP contribution in [0.15, 0.2) is 315 Å². The van der Waals surface area contributed by atoms with Crippen LogP contribution in [0.1, 0.15) is 0 Å². The van der Waals surface area contributed by atoms with Gasteiger partial charge in [-0.05, 0) is 149 Å². The van der Waals surface area contributed by atoms with E-state index < -0.39 is 0 Å². The van der Waals surface area contributed by atoms with Crippen LogP contribution in [0, 0.1) is 0 Å². The molecule has 14 aromatic carbocycles. The largest absolute Gasteiger partial charge is 0.311 e. The van der Waals surface area contributed by atoms with Crippen LogP contribution >= 0.6 is 0 Å². The van der Waals surface area contributed by atoms with Gasteiger partial charge in [0, 0.05) is 50.3 Å². The fourth-order valence-corrected chi connectivity index (χ4v) is 13.9. The summed E-state index contributed by atoms with van der Waals surface area (Å²) < 4.78 is 2.57. The first-order valence-corrected chi connectivity index (χ1v) is 29.1. The van der Waals surface area contributed by atoms with E-state index in [2.05, 4.69) is 330 Å². The van der Waals surface area contributed by atoms with Crippen LogP contribution < -0.4 is 26.2 Å². The fraction of sp³-hybridized carbons (Fsp3) is 0. The van der Waals surface area contributed by atoms with Gasteiger partial charge in [-0.25, -0.2) is 0 Å². The van der Waals surface area contributed by atoms with E-state index in [0.29, 0.717) is 0 Å². The molecule has 3 heterocycles. The van der Waals surface area contributed by atoms with Gasteiger partial charge in [0.1, 0.15) is 0 Å². The van der Waals surface area contributed by atoms with Gasteiger partial charge in [0.15, 0.2) is 0 Å². The van der Waals surface area contributed by atoms with Crippen molar-refractivity contribution in [3.05, 3.63) is 315 Å². The summed E-state index contributed by atoms with van der Waals surface area (Å²) >= 11 is 0. The summed E-state index contributed by atoms with van der Waals surface area (Å²) in [4.78, 5) is 5.12. The highest BCUT2D eigenvalue weighted by atomic mass is 15.2. The van der Waals surface area contributed by atoms with Crippen molar-refractivity contribution in [1.82, 2.24) is 4.57 Å². The maximum atomic E-state index is 2.57. The zero-order valence-corrected chi connectivity index (χ0v) is 45.9. The number of hydrogen-bond acceptors (Lipinski definition) is 2. The second-order valence-electron chi connectivity index (χ2n) is 22.4. The van der Waals surface area contributed by atoms with Crippen LogP contribution in [0.2, 0.25) is 0 Å². The number of hydrogen-bond donors (Lipinski definition) is 0. The molecule has 0 amide bonds. The van der Waals surface area contributed by atoms with Gasteiger partial charge >= 0.3 is 0 Å². The van der Waals surface area contributed by atoms with Gasteiger partial charge in [-0.15, -0.1) is 0 Å². The van der Waals surface area contributed by atoms with Gasteiger partial charge in [-0.1, -0.05) is 255 Å². The van der Waals surface area contributed by atoms with Gasteiger partial charge in [-0.3, -0.25) is 0 Å². The Balaban J connectivity index is 0.987. The Labute approximate surface area is 488 Å². The molecule has 15 aromatic rings. The summed E-state index contributed by atoms with van der Waals surface area (Å²) in [5.41, 5.74) is 25.9. The molecule has 17 rings (SSSR count). The quantitative estimate of drug-likeness (QED) is 0.141. The third-order valence-electron chi connectivity index (χ3n) is 17.7. The molecule has 0 unspecified atom stereocenters. The van der Waals surface area contributed by atoms with Crippen LogP contribution in [0.3, 0.4) is 0 Å². The van der Waals surface area contributed by atoms with Crippen molar-refractivity contribution in [2.75, 3.05) is 9.80 Å². The summed E-state index contributed by atoms with van der Waals surface area (Å²) in [7, 11) is 0. The normalized spacial score (nSPS) is 12.5. The average molecular weight is 1070 g/mol. The molecule has 2 aliphatic rings. The fourth-order valence-electron chi connectivity index (χ4n) is 13.9. The third-order valence-corrected chi connectivity index (χ3v) is 17.7. The lowest BCUT2D eigenvalue weighted by Crippen LogP contribution is -2.61. The first-order chi connectivity index (χ1) is 41.7. The Morgan fingerprint density at radius 2 is 0.667 bits per heavy atom. The minimum absolute atomic E-state index is 0.136. The molecule has 0 bridgehead atoms. The topological polar surface area (TPSA) is 11.4 Å². The minimum atomic E-state index is -0.136. The highest BCUT2D eigenvalue weighted by Gasteiger charge is 2.44. The SMILES string of the molecule is c1ccc(-c2ccc(N3c4ccc(-c5ccccc5)cc4B4c5cc(-c6ccccc6)ccc5N(c5ccc(-c6ccccc6)cc5)c5cc(-n6c7ccc(-c8cccc9ccccc89)cc7c7ccc8ccccc8c76)cc3c54)cc2)cc1. The summed E-state index contributed by atoms with van der Waals surface area (Å²) in [5, 5.41) is 7.33. The molecule has 0 atom stereocenters. The van der Waals surface area contributed by atoms with Gasteiger partial charge in [0.05, 0.1) is 16.7 Å². The molecular weight excluding hydrogens is 1010 g/mol. The second-order valence-corrected chi connectivity index (χ2v) is 22.4. The van der Waals surface area contributed by atoms with Crippen molar-refractivity contribution in [3.63, 3.8) is 0 Å². The highest BCUT2D eigenvalue weighted by Crippen LogP contribution is 2.49. The Kier molecular flexibility index (Phi) is 11.0. The van der Waals surface area contributed by atoms with Gasteiger partial charge in [0.2, 0.25) is 0 Å². The predicted octanol–water partition coefficient (Wildman–Crippen LogP) is 19.5. The molecule has 84 heavy (non-hydrogen) atoms. The van der Waals surface area contributed by atoms with E-state index in [1.54, 1.807) is 0 Å². The van der Waals surface area contributed by atoms with E-state index in [4.69, 9.17) is 0 Å². The number of benzene rings is 14. The van der Waals surface area contributed by atoms with Crippen LogP contribution in [-0.2, 0) is 0 Å². The summed E-state index contributed by atoms with van der Waals surface area (Å²) in [6, 6.07) is 117. The van der Waals surface area contributed by atoms with Crippen molar-refractivity contribution >= 4 is 101 Å². The molecule has 0 fully saturated rings. The standard InChI is InChI=1S/C80H52BN3/c1-5-18-53(19-6-1)57-32-40-64(41-33-57)82-75-46-37-61(55-22-9-3-10-23-55)49-72(75)81-73-50-62(56-24-11-4-12-25-56)38-47-76(73)83(65-42-34-58(35-43-65)54-20-7-2-8-21-54)78-52-66(51-77(82)79(78)81)84-74-45-39-63(68-31-17-28-59-26-13-15-29-67(59)68)48-71(74)70-44-36-60-27-14-16-30-69(60)80(70)84/h1-52H. The molecule has 0 saturated heterocycles. The number of aromatic nitrogens is 1. The van der Waals surface area contributed by atoms with Crippen LogP contribution in [-0.4, -0.2) is 11.3 Å². The highest BCUT2D eigenvalue weighted by molar-refractivity contribution is 7.00. The molecule has 4 heteroatoms. The zero-order valence-electron chi connectivity index (χ0n) is 45.9. The molecular formula is C80H52BN3. The first kappa shape index (κ1) is 47.8. The maximum absolute atomic E-state index is 2.57. The second kappa shape index (κ2) is 19.4. The molecule has 1 aromatic heterocycles. The summed E-state index contributed by atoms with van der Waals surface area (Å²) in [5.74, 6) is 0. The van der Waals surface area contributed by atoms with E-state index in [-0.39, 0.29) is 6.71 Å². The average Bonchev–Trinajstić information content (AvgIpc) is 1.05. The number of nitrogens with zero attached hydrogens (tertiary/aromatic N) is 3. The predicted molar refractivity (Wildman–Crippen MR) is 357 cm³/mol. The lowest BCUT2D eigenvalue weighted by atomic mass is 9.33. The van der Waals surface area contributed by atoms with Gasteiger partial charge < -0.3 is 14.4 Å². The first-order valence-electron chi connectivity index (χ1n) is 29.1. The van der Waals surface area contributed by atoms with Crippen molar-refractivity contribution < 1.29 is 0 Å². The molecule has 2 aliphatic heterocycles. The van der Waals surface area contributed by atoms with Crippen molar-refractivity contribution in [2.45, 2.75) is 0 Å². The monoisotopic (exact) mass is 1070 g/mol. The molecule has 0 N–H and O–H groups in total. The smallest absolute Gasteiger partial charge is 0.252 e. The van der Waals surface area contributed by atoms with Crippen LogP contribution in [0.4, 0.5) is 34.1 Å². The van der Waals surface area contributed by atoms with E-state index in [0.717, 1.165) is 45.3 Å². The molecule has 390 valence electrons. The van der Waals surface area contributed by atoms with Gasteiger partial charge in [-0.2, -0.15) is 0 Å². The Morgan fingerprint density at radius 3 is 1.20 bits per heavy atom. The molecule has 0 saturated carbocycles. The van der Waals surface area contributed by atoms with E-state index >= 15 is 0 Å². The minimum Gasteiger partial charge on any atom is -0.311 e. The number of fused-ring (bicyclic) bond motifs is 10. The van der Waals surface area contributed by atoms with Crippen molar-refractivity contribution in [1.29, 1.82) is 0 Å². The van der Waals surface area contributed by atoms with Crippen molar-refractivity contribution in [2.24, 2.45) is 0 Å². The molecule has 0 spiro atoms.